The quantitative estimate of drug-likeness (QED) is 0.700. The van der Waals surface area contributed by atoms with Crippen LogP contribution < -0.4 is 16.8 Å². The number of benzene rings is 1. The summed E-state index contributed by atoms with van der Waals surface area (Å²) in [5.41, 5.74) is 12.4. The van der Waals surface area contributed by atoms with Crippen molar-refractivity contribution < 1.29 is 4.79 Å². The van der Waals surface area contributed by atoms with Gasteiger partial charge in [0.05, 0.1) is 16.3 Å². The van der Waals surface area contributed by atoms with E-state index in [1.807, 2.05) is 0 Å². The summed E-state index contributed by atoms with van der Waals surface area (Å²) in [6.45, 7) is 2.83. The van der Waals surface area contributed by atoms with Gasteiger partial charge in [-0.15, -0.1) is 0 Å². The van der Waals surface area contributed by atoms with Crippen molar-refractivity contribution in [2.24, 2.45) is 5.73 Å². The third kappa shape index (κ3) is 3.35. The summed E-state index contributed by atoms with van der Waals surface area (Å²) in [4.78, 5) is 13.8. The fourth-order valence-corrected chi connectivity index (χ4v) is 2.53. The predicted octanol–water partition coefficient (Wildman–Crippen LogP) is 1.92. The standard InChI is InChI=1S/C14H21ClN4O/c1-8(19(2)10-3-4-10)7-18-13-11(14(17)20)5-9(16)6-12(13)15/h5-6,8,10,18H,3-4,7,16H2,1-2H3,(H2,17,20). The van der Waals surface area contributed by atoms with Gasteiger partial charge in [0.1, 0.15) is 0 Å². The maximum Gasteiger partial charge on any atom is 0.250 e. The molecule has 0 bridgehead atoms. The predicted molar refractivity (Wildman–Crippen MR) is 83.1 cm³/mol. The van der Waals surface area contributed by atoms with Gasteiger partial charge >= 0.3 is 0 Å². The molecule has 0 radical (unpaired) electrons. The summed E-state index contributed by atoms with van der Waals surface area (Å²) in [7, 11) is 2.11. The highest BCUT2D eigenvalue weighted by molar-refractivity contribution is 6.34. The van der Waals surface area contributed by atoms with Crippen LogP contribution in [0.15, 0.2) is 12.1 Å². The maximum absolute atomic E-state index is 11.5. The Labute approximate surface area is 124 Å². The zero-order valence-electron chi connectivity index (χ0n) is 11.8. The minimum absolute atomic E-state index is 0.330. The molecule has 1 aromatic rings. The number of likely N-dealkylation sites (N-methyl/N-ethyl adjacent to an activating group) is 1. The molecule has 6 heteroatoms. The molecule has 1 aromatic carbocycles. The lowest BCUT2D eigenvalue weighted by molar-refractivity contribution is 0.100. The zero-order chi connectivity index (χ0) is 14.9. The van der Waals surface area contributed by atoms with Crippen LogP contribution in [-0.4, -0.2) is 36.5 Å². The van der Waals surface area contributed by atoms with E-state index in [0.29, 0.717) is 40.6 Å². The third-order valence-corrected chi connectivity index (χ3v) is 4.07. The highest BCUT2D eigenvalue weighted by Gasteiger charge is 2.29. The molecule has 0 spiro atoms. The molecule has 1 aliphatic rings. The molecule has 2 rings (SSSR count). The second-order valence-corrected chi connectivity index (χ2v) is 5.82. The van der Waals surface area contributed by atoms with Crippen LogP contribution in [0.1, 0.15) is 30.1 Å². The lowest BCUT2D eigenvalue weighted by Crippen LogP contribution is -2.36. The van der Waals surface area contributed by atoms with Crippen molar-refractivity contribution in [3.8, 4) is 0 Å². The van der Waals surface area contributed by atoms with Gasteiger partial charge in [-0.25, -0.2) is 0 Å². The van der Waals surface area contributed by atoms with Crippen molar-refractivity contribution in [3.63, 3.8) is 0 Å². The number of nitrogens with one attached hydrogen (secondary N) is 1. The molecule has 0 saturated heterocycles. The van der Waals surface area contributed by atoms with Crippen molar-refractivity contribution in [1.29, 1.82) is 0 Å². The van der Waals surface area contributed by atoms with Gasteiger partial charge in [-0.2, -0.15) is 0 Å². The molecular formula is C14H21ClN4O. The second-order valence-electron chi connectivity index (χ2n) is 5.42. The number of hydrogen-bond donors (Lipinski definition) is 3. The van der Waals surface area contributed by atoms with Gasteiger partial charge in [0, 0.05) is 24.3 Å². The van der Waals surface area contributed by atoms with Crippen molar-refractivity contribution in [2.75, 3.05) is 24.6 Å². The Morgan fingerprint density at radius 2 is 2.20 bits per heavy atom. The molecular weight excluding hydrogens is 276 g/mol. The average molecular weight is 297 g/mol. The number of halogens is 1. The Morgan fingerprint density at radius 3 is 2.75 bits per heavy atom. The minimum Gasteiger partial charge on any atom is -0.399 e. The van der Waals surface area contributed by atoms with Crippen LogP contribution in [0.25, 0.3) is 0 Å². The van der Waals surface area contributed by atoms with Crippen LogP contribution in [-0.2, 0) is 0 Å². The topological polar surface area (TPSA) is 84.4 Å². The fraction of sp³-hybridized carbons (Fsp3) is 0.500. The molecule has 20 heavy (non-hydrogen) atoms. The first-order valence-electron chi connectivity index (χ1n) is 6.74. The van der Waals surface area contributed by atoms with E-state index in [4.69, 9.17) is 23.1 Å². The first-order valence-corrected chi connectivity index (χ1v) is 7.12. The van der Waals surface area contributed by atoms with Gasteiger partial charge < -0.3 is 16.8 Å². The molecule has 0 aliphatic heterocycles. The van der Waals surface area contributed by atoms with Gasteiger partial charge in [-0.05, 0) is 38.9 Å². The van der Waals surface area contributed by atoms with E-state index in [1.165, 1.54) is 12.8 Å². The first kappa shape index (κ1) is 14.9. The van der Waals surface area contributed by atoms with Crippen LogP contribution in [0, 0.1) is 0 Å². The number of primary amides is 1. The number of hydrogen-bond acceptors (Lipinski definition) is 4. The third-order valence-electron chi connectivity index (χ3n) is 3.77. The number of amides is 1. The maximum atomic E-state index is 11.5. The highest BCUT2D eigenvalue weighted by atomic mass is 35.5. The van der Waals surface area contributed by atoms with Crippen LogP contribution in [0.5, 0.6) is 0 Å². The van der Waals surface area contributed by atoms with Gasteiger partial charge in [0.25, 0.3) is 5.91 Å². The zero-order valence-corrected chi connectivity index (χ0v) is 12.6. The normalized spacial score (nSPS) is 16.2. The van der Waals surface area contributed by atoms with Crippen molar-refractivity contribution >= 4 is 28.9 Å². The molecule has 1 fully saturated rings. The fourth-order valence-electron chi connectivity index (χ4n) is 2.24. The van der Waals surface area contributed by atoms with Crippen LogP contribution >= 0.6 is 11.6 Å². The molecule has 5 nitrogen and oxygen atoms in total. The summed E-state index contributed by atoms with van der Waals surface area (Å²) in [5.74, 6) is -0.537. The van der Waals surface area contributed by atoms with Gasteiger partial charge in [0.2, 0.25) is 0 Å². The second kappa shape index (κ2) is 5.89. The number of nitrogens with zero attached hydrogens (tertiary/aromatic N) is 1. The number of rotatable bonds is 6. The summed E-state index contributed by atoms with van der Waals surface area (Å²) in [5, 5.41) is 3.64. The molecule has 0 heterocycles. The molecule has 5 N–H and O–H groups in total. The highest BCUT2D eigenvalue weighted by Crippen LogP contribution is 2.30. The van der Waals surface area contributed by atoms with E-state index in [2.05, 4.69) is 24.2 Å². The Morgan fingerprint density at radius 1 is 1.55 bits per heavy atom. The number of nitrogen functional groups attached to an aromatic ring is 1. The number of carbonyl (C=O) groups is 1. The van der Waals surface area contributed by atoms with Gasteiger partial charge in [-0.3, -0.25) is 9.69 Å². The monoisotopic (exact) mass is 296 g/mol. The Balaban J connectivity index is 2.10. The molecule has 1 atom stereocenters. The van der Waals surface area contributed by atoms with Crippen LogP contribution in [0.4, 0.5) is 11.4 Å². The molecule has 1 unspecified atom stereocenters. The summed E-state index contributed by atoms with van der Waals surface area (Å²) in [6, 6.07) is 4.19. The Hall–Kier alpha value is -1.46. The lowest BCUT2D eigenvalue weighted by Gasteiger charge is -2.25. The molecule has 1 saturated carbocycles. The molecule has 1 aliphatic carbocycles. The lowest BCUT2D eigenvalue weighted by atomic mass is 10.1. The minimum atomic E-state index is -0.537. The van der Waals surface area contributed by atoms with E-state index < -0.39 is 5.91 Å². The van der Waals surface area contributed by atoms with Crippen LogP contribution in [0.2, 0.25) is 5.02 Å². The first-order chi connectivity index (χ1) is 9.40. The van der Waals surface area contributed by atoms with Crippen molar-refractivity contribution in [3.05, 3.63) is 22.7 Å². The molecule has 0 aromatic heterocycles. The summed E-state index contributed by atoms with van der Waals surface area (Å²) in [6.07, 6.45) is 2.52. The molecule has 110 valence electrons. The number of carbonyl (C=O) groups excluding carboxylic acids is 1. The number of anilines is 2. The number of nitrogens with two attached hydrogens (primary N) is 2. The average Bonchev–Trinajstić information content (AvgIpc) is 3.19. The Bertz CT molecular complexity index is 516. The van der Waals surface area contributed by atoms with Crippen LogP contribution in [0.3, 0.4) is 0 Å². The molecule has 1 amide bonds. The SMILES string of the molecule is CC(CNc1c(Cl)cc(N)cc1C(N)=O)N(C)C1CC1. The Kier molecular flexibility index (Phi) is 4.40. The van der Waals surface area contributed by atoms with Crippen molar-refractivity contribution in [2.45, 2.75) is 31.8 Å². The largest absolute Gasteiger partial charge is 0.399 e. The summed E-state index contributed by atoms with van der Waals surface area (Å²) < 4.78 is 0. The van der Waals surface area contributed by atoms with E-state index in [-0.39, 0.29) is 0 Å². The van der Waals surface area contributed by atoms with E-state index >= 15 is 0 Å². The van der Waals surface area contributed by atoms with E-state index in [9.17, 15) is 4.79 Å². The van der Waals surface area contributed by atoms with E-state index in [0.717, 1.165) is 0 Å². The summed E-state index contributed by atoms with van der Waals surface area (Å²) >= 11 is 6.15. The smallest absolute Gasteiger partial charge is 0.250 e. The van der Waals surface area contributed by atoms with E-state index in [1.54, 1.807) is 12.1 Å². The van der Waals surface area contributed by atoms with Gasteiger partial charge in [0.15, 0.2) is 0 Å². The van der Waals surface area contributed by atoms with Crippen molar-refractivity contribution in [1.82, 2.24) is 4.90 Å². The van der Waals surface area contributed by atoms with Gasteiger partial charge in [-0.1, -0.05) is 11.6 Å².